The van der Waals surface area contributed by atoms with Gasteiger partial charge in [0.25, 0.3) is 0 Å². The summed E-state index contributed by atoms with van der Waals surface area (Å²) in [4.78, 5) is 11.5. The highest BCUT2D eigenvalue weighted by Crippen LogP contribution is 2.44. The molecule has 1 fully saturated rings. The zero-order valence-corrected chi connectivity index (χ0v) is 11.1. The van der Waals surface area contributed by atoms with Gasteiger partial charge in [-0.3, -0.25) is 4.79 Å². The molecule has 0 heterocycles. The molecule has 3 rings (SSSR count). The Morgan fingerprint density at radius 1 is 1.00 bits per heavy atom. The Balaban J connectivity index is 1.88. The molecule has 1 aliphatic rings. The number of hydrogen-bond donors (Lipinski definition) is 1. The lowest BCUT2D eigenvalue weighted by atomic mass is 9.64. The number of rotatable bonds is 4. The van der Waals surface area contributed by atoms with Gasteiger partial charge in [-0.05, 0) is 42.7 Å². The van der Waals surface area contributed by atoms with Crippen LogP contribution in [-0.4, -0.2) is 11.1 Å². The van der Waals surface area contributed by atoms with Crippen LogP contribution >= 0.6 is 0 Å². The molecule has 2 aromatic rings. The molecule has 3 heteroatoms. The molecule has 0 atom stereocenters. The van der Waals surface area contributed by atoms with Gasteiger partial charge in [-0.1, -0.05) is 36.8 Å². The van der Waals surface area contributed by atoms with Crippen LogP contribution in [0.4, 0.5) is 0 Å². The van der Waals surface area contributed by atoms with Crippen LogP contribution in [0.25, 0.3) is 0 Å². The molecule has 1 N–H and O–H groups in total. The number of carboxylic acid groups (broad SMARTS) is 1. The second-order valence-electron chi connectivity index (χ2n) is 5.18. The minimum atomic E-state index is -0.736. The van der Waals surface area contributed by atoms with Crippen molar-refractivity contribution in [3.05, 3.63) is 60.2 Å². The molecule has 0 spiro atoms. The molecule has 1 aliphatic carbocycles. The van der Waals surface area contributed by atoms with E-state index in [4.69, 9.17) is 4.74 Å². The van der Waals surface area contributed by atoms with E-state index in [0.717, 1.165) is 17.7 Å². The van der Waals surface area contributed by atoms with Gasteiger partial charge in [0.1, 0.15) is 11.5 Å². The van der Waals surface area contributed by atoms with Gasteiger partial charge in [-0.15, -0.1) is 0 Å². The largest absolute Gasteiger partial charge is 0.481 e. The SMILES string of the molecule is O=C(O)C1(c2cccc(Oc3ccccc3)c2)CCC1. The van der Waals surface area contributed by atoms with Crippen LogP contribution in [0.3, 0.4) is 0 Å². The number of benzene rings is 2. The van der Waals surface area contributed by atoms with Crippen molar-refractivity contribution in [1.29, 1.82) is 0 Å². The fourth-order valence-corrected chi connectivity index (χ4v) is 2.64. The van der Waals surface area contributed by atoms with Crippen molar-refractivity contribution in [2.75, 3.05) is 0 Å². The molecule has 3 nitrogen and oxygen atoms in total. The first-order chi connectivity index (χ1) is 9.71. The zero-order valence-electron chi connectivity index (χ0n) is 11.1. The summed E-state index contributed by atoms with van der Waals surface area (Å²) in [7, 11) is 0. The Morgan fingerprint density at radius 2 is 1.70 bits per heavy atom. The third-order valence-corrected chi connectivity index (χ3v) is 3.98. The van der Waals surface area contributed by atoms with Crippen LogP contribution in [0.15, 0.2) is 54.6 Å². The van der Waals surface area contributed by atoms with Gasteiger partial charge in [0.05, 0.1) is 5.41 Å². The Morgan fingerprint density at radius 3 is 2.30 bits per heavy atom. The first-order valence-corrected chi connectivity index (χ1v) is 6.78. The summed E-state index contributed by atoms with van der Waals surface area (Å²) < 4.78 is 5.77. The molecule has 0 unspecified atom stereocenters. The molecule has 0 amide bonds. The molecule has 0 radical (unpaired) electrons. The van der Waals surface area contributed by atoms with Gasteiger partial charge in [0.2, 0.25) is 0 Å². The molecule has 0 aromatic heterocycles. The smallest absolute Gasteiger partial charge is 0.314 e. The Labute approximate surface area is 117 Å². The van der Waals surface area contributed by atoms with Crippen LogP contribution in [0.2, 0.25) is 0 Å². The average Bonchev–Trinajstić information content (AvgIpc) is 2.38. The number of hydrogen-bond acceptors (Lipinski definition) is 2. The lowest BCUT2D eigenvalue weighted by Gasteiger charge is -2.38. The number of carbonyl (C=O) groups is 1. The van der Waals surface area contributed by atoms with Crippen molar-refractivity contribution < 1.29 is 14.6 Å². The maximum atomic E-state index is 11.5. The highest BCUT2D eigenvalue weighted by Gasteiger charge is 2.45. The van der Waals surface area contributed by atoms with Gasteiger partial charge in [-0.2, -0.15) is 0 Å². The monoisotopic (exact) mass is 268 g/mol. The van der Waals surface area contributed by atoms with Gasteiger partial charge >= 0.3 is 5.97 Å². The van der Waals surface area contributed by atoms with E-state index in [9.17, 15) is 9.90 Å². The molecule has 1 saturated carbocycles. The lowest BCUT2D eigenvalue weighted by molar-refractivity contribution is -0.147. The van der Waals surface area contributed by atoms with Crippen LogP contribution in [0.1, 0.15) is 24.8 Å². The lowest BCUT2D eigenvalue weighted by Crippen LogP contribution is -2.42. The summed E-state index contributed by atoms with van der Waals surface area (Å²) in [6, 6.07) is 16.9. The minimum absolute atomic E-state index is 0.682. The first-order valence-electron chi connectivity index (χ1n) is 6.78. The van der Waals surface area contributed by atoms with Crippen LogP contribution in [0, 0.1) is 0 Å². The average molecular weight is 268 g/mol. The molecular formula is C17H16O3. The summed E-state index contributed by atoms with van der Waals surface area (Å²) in [5, 5.41) is 9.48. The van der Waals surface area contributed by atoms with Crippen molar-refractivity contribution in [1.82, 2.24) is 0 Å². The van der Waals surface area contributed by atoms with E-state index < -0.39 is 11.4 Å². The van der Waals surface area contributed by atoms with Gasteiger partial charge < -0.3 is 9.84 Å². The highest BCUT2D eigenvalue weighted by atomic mass is 16.5. The maximum absolute atomic E-state index is 11.5. The van der Waals surface area contributed by atoms with Crippen LogP contribution in [0.5, 0.6) is 11.5 Å². The first kappa shape index (κ1) is 12.7. The van der Waals surface area contributed by atoms with Crippen molar-refractivity contribution in [2.24, 2.45) is 0 Å². The molecule has 0 bridgehead atoms. The summed E-state index contributed by atoms with van der Waals surface area (Å²) in [5.74, 6) is 0.699. The second kappa shape index (κ2) is 5.00. The van der Waals surface area contributed by atoms with E-state index in [1.165, 1.54) is 0 Å². The van der Waals surface area contributed by atoms with E-state index >= 15 is 0 Å². The molecule has 0 aliphatic heterocycles. The molecule has 20 heavy (non-hydrogen) atoms. The van der Waals surface area contributed by atoms with Crippen molar-refractivity contribution in [3.8, 4) is 11.5 Å². The summed E-state index contributed by atoms with van der Waals surface area (Å²) in [5.41, 5.74) is 0.125. The standard InChI is InChI=1S/C17H16O3/c18-16(19)17(10-5-11-17)13-6-4-9-15(12-13)20-14-7-2-1-3-8-14/h1-4,6-9,12H,5,10-11H2,(H,18,19). The third kappa shape index (κ3) is 2.16. The van der Waals surface area contributed by atoms with E-state index in [-0.39, 0.29) is 0 Å². The number of para-hydroxylation sites is 1. The molecule has 0 saturated heterocycles. The quantitative estimate of drug-likeness (QED) is 0.912. The molecular weight excluding hydrogens is 252 g/mol. The summed E-state index contributed by atoms with van der Waals surface area (Å²) in [6.07, 6.45) is 2.38. The van der Waals surface area contributed by atoms with Gasteiger partial charge in [-0.25, -0.2) is 0 Å². The van der Waals surface area contributed by atoms with Crippen LogP contribution < -0.4 is 4.74 Å². The van der Waals surface area contributed by atoms with E-state index in [2.05, 4.69) is 0 Å². The third-order valence-electron chi connectivity index (χ3n) is 3.98. The fraction of sp³-hybridized carbons (Fsp3) is 0.235. The number of aliphatic carboxylic acids is 1. The Hall–Kier alpha value is -2.29. The second-order valence-corrected chi connectivity index (χ2v) is 5.18. The fourth-order valence-electron chi connectivity index (χ4n) is 2.64. The Kier molecular flexibility index (Phi) is 3.18. The van der Waals surface area contributed by atoms with Gasteiger partial charge in [0, 0.05) is 0 Å². The zero-order chi connectivity index (χ0) is 14.0. The number of carboxylic acids is 1. The summed E-state index contributed by atoms with van der Waals surface area (Å²) >= 11 is 0. The highest BCUT2D eigenvalue weighted by molar-refractivity contribution is 5.82. The van der Waals surface area contributed by atoms with Gasteiger partial charge in [0.15, 0.2) is 0 Å². The molecule has 2 aromatic carbocycles. The van der Waals surface area contributed by atoms with Crippen molar-refractivity contribution in [3.63, 3.8) is 0 Å². The topological polar surface area (TPSA) is 46.5 Å². The van der Waals surface area contributed by atoms with E-state index in [0.29, 0.717) is 18.6 Å². The maximum Gasteiger partial charge on any atom is 0.314 e. The normalized spacial score (nSPS) is 16.2. The predicted octanol–water partition coefficient (Wildman–Crippen LogP) is 3.99. The Bertz CT molecular complexity index is 615. The van der Waals surface area contributed by atoms with Crippen molar-refractivity contribution >= 4 is 5.97 Å². The summed E-state index contributed by atoms with van der Waals surface area (Å²) in [6.45, 7) is 0. The van der Waals surface area contributed by atoms with Crippen molar-refractivity contribution in [2.45, 2.75) is 24.7 Å². The predicted molar refractivity (Wildman–Crippen MR) is 76.1 cm³/mol. The van der Waals surface area contributed by atoms with E-state index in [1.54, 1.807) is 0 Å². The van der Waals surface area contributed by atoms with E-state index in [1.807, 2.05) is 54.6 Å². The molecule has 102 valence electrons. The minimum Gasteiger partial charge on any atom is -0.481 e. The number of ether oxygens (including phenoxy) is 1. The van der Waals surface area contributed by atoms with Crippen LogP contribution in [-0.2, 0) is 10.2 Å².